The van der Waals surface area contributed by atoms with E-state index in [1.54, 1.807) is 23.5 Å². The van der Waals surface area contributed by atoms with E-state index in [0.29, 0.717) is 13.2 Å². The van der Waals surface area contributed by atoms with E-state index in [1.807, 2.05) is 48.5 Å². The van der Waals surface area contributed by atoms with Gasteiger partial charge in [-0.15, -0.1) is 23.5 Å². The summed E-state index contributed by atoms with van der Waals surface area (Å²) in [4.78, 5) is 2.29. The molecule has 0 saturated heterocycles. The number of fused-ring (bicyclic) bond motifs is 3. The highest BCUT2D eigenvalue weighted by Gasteiger charge is 2.20. The van der Waals surface area contributed by atoms with Gasteiger partial charge in [0.05, 0.1) is 10.7 Å². The lowest BCUT2D eigenvalue weighted by Crippen LogP contribution is -2.24. The van der Waals surface area contributed by atoms with Crippen molar-refractivity contribution in [1.82, 2.24) is 0 Å². The van der Waals surface area contributed by atoms with E-state index in [1.165, 1.54) is 22.3 Å². The van der Waals surface area contributed by atoms with Gasteiger partial charge in [0.25, 0.3) is 0 Å². The maximum absolute atomic E-state index is 6.26. The number of ether oxygens (including phenoxy) is 2. The van der Waals surface area contributed by atoms with Crippen LogP contribution in [0.2, 0.25) is 0 Å². The van der Waals surface area contributed by atoms with E-state index in [9.17, 15) is 0 Å². The van der Waals surface area contributed by atoms with Crippen molar-refractivity contribution in [1.29, 1.82) is 0 Å². The number of nitrogens with two attached hydrogens (primary N) is 2. The first-order chi connectivity index (χ1) is 17.1. The number of hydrogen-bond donors (Lipinski definition) is 2. The van der Waals surface area contributed by atoms with Crippen molar-refractivity contribution in [3.05, 3.63) is 108 Å². The van der Waals surface area contributed by atoms with E-state index in [2.05, 4.69) is 48.5 Å². The predicted molar refractivity (Wildman–Crippen MR) is 146 cm³/mol. The Kier molecular flexibility index (Phi) is 7.64. The van der Waals surface area contributed by atoms with Crippen LogP contribution in [-0.2, 0) is 6.42 Å². The minimum Gasteiger partial charge on any atom is -0.491 e. The summed E-state index contributed by atoms with van der Waals surface area (Å²) in [6, 6.07) is 32.9. The van der Waals surface area contributed by atoms with Crippen LogP contribution in [0.3, 0.4) is 0 Å². The second-order valence-electron chi connectivity index (χ2n) is 8.38. The molecule has 0 aliphatic heterocycles. The lowest BCUT2D eigenvalue weighted by atomic mass is 10.1. The van der Waals surface area contributed by atoms with Gasteiger partial charge < -0.3 is 20.9 Å². The Morgan fingerprint density at radius 2 is 1.03 bits per heavy atom. The molecule has 0 bridgehead atoms. The molecule has 6 heteroatoms. The molecule has 4 N–H and O–H groups in total. The highest BCUT2D eigenvalue weighted by atomic mass is 32.2. The molecule has 1 aliphatic rings. The van der Waals surface area contributed by atoms with Gasteiger partial charge in [-0.2, -0.15) is 0 Å². The first kappa shape index (κ1) is 23.8. The topological polar surface area (TPSA) is 70.5 Å². The van der Waals surface area contributed by atoms with Crippen LogP contribution in [0.25, 0.3) is 11.1 Å². The third kappa shape index (κ3) is 6.21. The molecule has 4 aromatic rings. The monoisotopic (exact) mass is 500 g/mol. The Hall–Kier alpha value is -2.90. The summed E-state index contributed by atoms with van der Waals surface area (Å²) in [5.74, 6) is 1.70. The fourth-order valence-corrected chi connectivity index (χ4v) is 5.72. The lowest BCUT2D eigenvalue weighted by Gasteiger charge is -2.14. The molecule has 0 saturated carbocycles. The summed E-state index contributed by atoms with van der Waals surface area (Å²) in [6.07, 6.45) is 0.856. The minimum absolute atomic E-state index is 0.131. The summed E-state index contributed by atoms with van der Waals surface area (Å²) in [7, 11) is 0. The van der Waals surface area contributed by atoms with E-state index in [4.69, 9.17) is 20.9 Å². The lowest BCUT2D eigenvalue weighted by molar-refractivity contribution is 0.318. The van der Waals surface area contributed by atoms with Crippen molar-refractivity contribution >= 4 is 23.5 Å². The van der Waals surface area contributed by atoms with Crippen molar-refractivity contribution in [2.24, 2.45) is 11.5 Å². The zero-order valence-corrected chi connectivity index (χ0v) is 20.9. The Bertz CT molecular complexity index is 1170. The van der Waals surface area contributed by atoms with Crippen LogP contribution in [0, 0.1) is 0 Å². The van der Waals surface area contributed by atoms with Crippen molar-refractivity contribution in [2.75, 3.05) is 13.2 Å². The van der Waals surface area contributed by atoms with E-state index < -0.39 is 0 Å². The van der Waals surface area contributed by atoms with Gasteiger partial charge in [-0.25, -0.2) is 0 Å². The number of thioether (sulfide) groups is 2. The molecular weight excluding hydrogens is 472 g/mol. The predicted octanol–water partition coefficient (Wildman–Crippen LogP) is 6.17. The number of benzene rings is 4. The molecule has 178 valence electrons. The van der Waals surface area contributed by atoms with Crippen LogP contribution in [0.5, 0.6) is 11.5 Å². The molecule has 0 fully saturated rings. The maximum Gasteiger partial charge on any atom is 0.119 e. The number of hydrogen-bond acceptors (Lipinski definition) is 6. The molecule has 35 heavy (non-hydrogen) atoms. The molecule has 0 amide bonds. The van der Waals surface area contributed by atoms with Crippen LogP contribution in [-0.4, -0.2) is 24.0 Å². The normalized spacial score (nSPS) is 13.5. The van der Waals surface area contributed by atoms with Crippen LogP contribution >= 0.6 is 23.5 Å². The molecule has 2 unspecified atom stereocenters. The van der Waals surface area contributed by atoms with Gasteiger partial charge in [0.2, 0.25) is 0 Å². The highest BCUT2D eigenvalue weighted by Crippen LogP contribution is 2.40. The van der Waals surface area contributed by atoms with E-state index in [-0.39, 0.29) is 10.7 Å². The average molecular weight is 501 g/mol. The van der Waals surface area contributed by atoms with Crippen molar-refractivity contribution < 1.29 is 9.47 Å². The largest absolute Gasteiger partial charge is 0.491 e. The van der Waals surface area contributed by atoms with Gasteiger partial charge in [0.15, 0.2) is 0 Å². The molecule has 0 aromatic heterocycles. The van der Waals surface area contributed by atoms with Gasteiger partial charge in [0, 0.05) is 9.79 Å². The standard InChI is InChI=1S/C29H28N2O2S2/c30-28(34-24-7-3-1-4-8-24)18-32-22-11-13-26-20(16-22)15-21-17-23(12-14-27(21)26)33-19-29(31)35-25-9-5-2-6-10-25/h1-14,16-17,28-29H,15,18-19,30-31H2. The van der Waals surface area contributed by atoms with Gasteiger partial charge in [-0.3, -0.25) is 0 Å². The molecule has 4 aromatic carbocycles. The van der Waals surface area contributed by atoms with Crippen molar-refractivity contribution in [2.45, 2.75) is 27.0 Å². The Morgan fingerprint density at radius 3 is 1.46 bits per heavy atom. The zero-order chi connectivity index (χ0) is 24.0. The Morgan fingerprint density at radius 1 is 0.600 bits per heavy atom. The third-order valence-corrected chi connectivity index (χ3v) is 7.68. The van der Waals surface area contributed by atoms with Crippen molar-refractivity contribution in [3.63, 3.8) is 0 Å². The zero-order valence-electron chi connectivity index (χ0n) is 19.3. The first-order valence-electron chi connectivity index (χ1n) is 11.6. The molecule has 1 aliphatic carbocycles. The summed E-state index contributed by atoms with van der Waals surface area (Å²) in [5.41, 5.74) is 17.5. The van der Waals surface area contributed by atoms with Gasteiger partial charge in [0.1, 0.15) is 24.7 Å². The molecule has 5 rings (SSSR count). The number of rotatable bonds is 10. The van der Waals surface area contributed by atoms with Gasteiger partial charge in [-0.05, 0) is 77.2 Å². The fourth-order valence-electron chi connectivity index (χ4n) is 4.12. The van der Waals surface area contributed by atoms with Crippen LogP contribution in [0.4, 0.5) is 0 Å². The van der Waals surface area contributed by atoms with Gasteiger partial charge in [-0.1, -0.05) is 48.5 Å². The second-order valence-corrected chi connectivity index (χ2v) is 11.0. The Labute approximate surface area is 215 Å². The minimum atomic E-state index is -0.131. The van der Waals surface area contributed by atoms with Crippen LogP contribution < -0.4 is 20.9 Å². The van der Waals surface area contributed by atoms with Gasteiger partial charge >= 0.3 is 0 Å². The van der Waals surface area contributed by atoms with E-state index in [0.717, 1.165) is 27.7 Å². The summed E-state index contributed by atoms with van der Waals surface area (Å²) < 4.78 is 12.0. The van der Waals surface area contributed by atoms with Crippen LogP contribution in [0.15, 0.2) is 107 Å². The van der Waals surface area contributed by atoms with Crippen LogP contribution in [0.1, 0.15) is 11.1 Å². The smallest absolute Gasteiger partial charge is 0.119 e. The van der Waals surface area contributed by atoms with Crippen molar-refractivity contribution in [3.8, 4) is 22.6 Å². The van der Waals surface area contributed by atoms with E-state index >= 15 is 0 Å². The third-order valence-electron chi connectivity index (χ3n) is 5.71. The Balaban J connectivity index is 1.16. The first-order valence-corrected chi connectivity index (χ1v) is 13.4. The summed E-state index contributed by atoms with van der Waals surface area (Å²) in [6.45, 7) is 0.898. The molecule has 2 atom stereocenters. The quantitative estimate of drug-likeness (QED) is 0.177. The molecule has 0 heterocycles. The molecule has 0 spiro atoms. The molecule has 4 nitrogen and oxygen atoms in total. The molecule has 0 radical (unpaired) electrons. The summed E-state index contributed by atoms with van der Waals surface area (Å²) in [5, 5.41) is -0.261. The second kappa shape index (κ2) is 11.2. The average Bonchev–Trinajstić information content (AvgIpc) is 3.24. The summed E-state index contributed by atoms with van der Waals surface area (Å²) >= 11 is 3.23. The fraction of sp³-hybridized carbons (Fsp3) is 0.172. The highest BCUT2D eigenvalue weighted by molar-refractivity contribution is 8.00. The maximum atomic E-state index is 6.26. The molecular formula is C29H28N2O2S2. The SMILES string of the molecule is NC(COc1ccc2c(c1)Cc1cc(OCC(N)Sc3ccccc3)ccc1-2)Sc1ccccc1.